The second kappa shape index (κ2) is 7.46. The molecule has 2 aliphatic rings. The third kappa shape index (κ3) is 3.94. The molecule has 0 spiro atoms. The average Bonchev–Trinajstić information content (AvgIpc) is 2.83. The monoisotopic (exact) mass is 253 g/mol. The van der Waals surface area contributed by atoms with E-state index in [4.69, 9.17) is 0 Å². The van der Waals surface area contributed by atoms with Crippen molar-refractivity contribution >= 4 is 0 Å². The smallest absolute Gasteiger partial charge is 0.0133 e. The fourth-order valence-electron chi connectivity index (χ4n) is 3.31. The first-order valence-electron chi connectivity index (χ1n) is 7.94. The highest BCUT2D eigenvalue weighted by atomic mass is 15.2. The van der Waals surface area contributed by atoms with Crippen LogP contribution in [0.25, 0.3) is 0 Å². The molecule has 0 aromatic rings. The van der Waals surface area contributed by atoms with E-state index in [-0.39, 0.29) is 0 Å². The van der Waals surface area contributed by atoms with Crippen LogP contribution in [0, 0.1) is 5.92 Å². The summed E-state index contributed by atoms with van der Waals surface area (Å²) < 4.78 is 0. The lowest BCUT2D eigenvalue weighted by atomic mass is 9.78. The zero-order chi connectivity index (χ0) is 12.8. The molecule has 2 fully saturated rings. The molecular weight excluding hydrogens is 222 g/mol. The Morgan fingerprint density at radius 2 is 2.00 bits per heavy atom. The second-order valence-corrected chi connectivity index (χ2v) is 6.14. The van der Waals surface area contributed by atoms with Crippen LogP contribution >= 0.6 is 0 Å². The largest absolute Gasteiger partial charge is 0.316 e. The van der Waals surface area contributed by atoms with Gasteiger partial charge in [0, 0.05) is 19.1 Å². The van der Waals surface area contributed by atoms with Gasteiger partial charge in [0.2, 0.25) is 0 Å². The van der Waals surface area contributed by atoms with Crippen LogP contribution in [0.4, 0.5) is 0 Å². The second-order valence-electron chi connectivity index (χ2n) is 6.14. The summed E-state index contributed by atoms with van der Waals surface area (Å²) in [6.45, 7) is 9.86. The summed E-state index contributed by atoms with van der Waals surface area (Å²) in [6, 6.07) is 0.844. The Bertz CT molecular complexity index is 226. The minimum absolute atomic E-state index is 0.844. The predicted molar refractivity (Wildman–Crippen MR) is 78.0 cm³/mol. The SMILES string of the molecule is CCCNCC1CCC1N(C)CCN1CCCC1. The molecule has 1 aliphatic carbocycles. The van der Waals surface area contributed by atoms with E-state index in [0.717, 1.165) is 12.0 Å². The topological polar surface area (TPSA) is 18.5 Å². The van der Waals surface area contributed by atoms with Crippen molar-refractivity contribution in [2.24, 2.45) is 5.92 Å². The quantitative estimate of drug-likeness (QED) is 0.665. The highest BCUT2D eigenvalue weighted by molar-refractivity contribution is 4.89. The lowest BCUT2D eigenvalue weighted by Gasteiger charge is -2.43. The van der Waals surface area contributed by atoms with Crippen molar-refractivity contribution in [2.75, 3.05) is 46.3 Å². The van der Waals surface area contributed by atoms with Gasteiger partial charge in [0.1, 0.15) is 0 Å². The number of likely N-dealkylation sites (N-methyl/N-ethyl adjacent to an activating group) is 1. The lowest BCUT2D eigenvalue weighted by Crippen LogP contribution is -2.50. The minimum Gasteiger partial charge on any atom is -0.316 e. The summed E-state index contributed by atoms with van der Waals surface area (Å²) >= 11 is 0. The molecule has 1 N–H and O–H groups in total. The van der Waals surface area contributed by atoms with Crippen LogP contribution in [0.3, 0.4) is 0 Å². The molecular formula is C15H31N3. The van der Waals surface area contributed by atoms with Crippen molar-refractivity contribution < 1.29 is 0 Å². The summed E-state index contributed by atoms with van der Waals surface area (Å²) in [4.78, 5) is 5.24. The summed E-state index contributed by atoms with van der Waals surface area (Å²) in [5.41, 5.74) is 0. The highest BCUT2D eigenvalue weighted by Gasteiger charge is 2.33. The van der Waals surface area contributed by atoms with Crippen molar-refractivity contribution in [1.29, 1.82) is 0 Å². The van der Waals surface area contributed by atoms with E-state index in [9.17, 15) is 0 Å². The van der Waals surface area contributed by atoms with Crippen LogP contribution in [0.15, 0.2) is 0 Å². The molecule has 1 aliphatic heterocycles. The van der Waals surface area contributed by atoms with E-state index in [1.807, 2.05) is 0 Å². The van der Waals surface area contributed by atoms with Crippen molar-refractivity contribution in [3.63, 3.8) is 0 Å². The third-order valence-electron chi connectivity index (χ3n) is 4.74. The van der Waals surface area contributed by atoms with Gasteiger partial charge in [0.15, 0.2) is 0 Å². The zero-order valence-electron chi connectivity index (χ0n) is 12.3. The molecule has 106 valence electrons. The molecule has 1 saturated carbocycles. The molecule has 2 atom stereocenters. The van der Waals surface area contributed by atoms with E-state index in [1.165, 1.54) is 71.4 Å². The normalized spacial score (nSPS) is 28.8. The molecule has 1 heterocycles. The van der Waals surface area contributed by atoms with Gasteiger partial charge in [-0.1, -0.05) is 6.92 Å². The Balaban J connectivity index is 1.60. The number of nitrogens with zero attached hydrogens (tertiary/aromatic N) is 2. The Kier molecular flexibility index (Phi) is 5.93. The maximum absolute atomic E-state index is 3.58. The van der Waals surface area contributed by atoms with Crippen molar-refractivity contribution in [1.82, 2.24) is 15.1 Å². The molecule has 0 aromatic heterocycles. The summed E-state index contributed by atoms with van der Waals surface area (Å²) in [5, 5.41) is 3.58. The molecule has 2 rings (SSSR count). The van der Waals surface area contributed by atoms with E-state index >= 15 is 0 Å². The molecule has 0 amide bonds. The molecule has 0 radical (unpaired) electrons. The highest BCUT2D eigenvalue weighted by Crippen LogP contribution is 2.30. The number of nitrogens with one attached hydrogen (secondary N) is 1. The number of rotatable bonds is 8. The van der Waals surface area contributed by atoms with Crippen molar-refractivity contribution in [3.8, 4) is 0 Å². The predicted octanol–water partition coefficient (Wildman–Crippen LogP) is 1.79. The Morgan fingerprint density at radius 3 is 2.61 bits per heavy atom. The third-order valence-corrected chi connectivity index (χ3v) is 4.74. The fraction of sp³-hybridized carbons (Fsp3) is 1.00. The van der Waals surface area contributed by atoms with Gasteiger partial charge < -0.3 is 15.1 Å². The molecule has 1 saturated heterocycles. The van der Waals surface area contributed by atoms with E-state index < -0.39 is 0 Å². The standard InChI is InChI=1S/C15H31N3/c1-3-8-16-13-14-6-7-15(14)17(2)11-12-18-9-4-5-10-18/h14-16H,3-13H2,1-2H3. The molecule has 3 heteroatoms. The number of likely N-dealkylation sites (tertiary alicyclic amines) is 1. The van der Waals surface area contributed by atoms with Gasteiger partial charge in [-0.05, 0) is 71.2 Å². The molecule has 0 aromatic carbocycles. The molecule has 3 nitrogen and oxygen atoms in total. The van der Waals surface area contributed by atoms with E-state index in [1.54, 1.807) is 0 Å². The Labute approximate surface area is 113 Å². The van der Waals surface area contributed by atoms with Crippen LogP contribution in [-0.2, 0) is 0 Å². The zero-order valence-corrected chi connectivity index (χ0v) is 12.3. The first-order valence-corrected chi connectivity index (χ1v) is 7.94. The average molecular weight is 253 g/mol. The van der Waals surface area contributed by atoms with Gasteiger partial charge >= 0.3 is 0 Å². The van der Waals surface area contributed by atoms with Crippen LogP contribution in [-0.4, -0.2) is 62.2 Å². The van der Waals surface area contributed by atoms with Crippen molar-refractivity contribution in [2.45, 2.75) is 45.1 Å². The van der Waals surface area contributed by atoms with Gasteiger partial charge in [-0.15, -0.1) is 0 Å². The maximum Gasteiger partial charge on any atom is 0.0133 e. The van der Waals surface area contributed by atoms with Crippen LogP contribution in [0.1, 0.15) is 39.0 Å². The fourth-order valence-corrected chi connectivity index (χ4v) is 3.31. The number of hydrogen-bond donors (Lipinski definition) is 1. The summed E-state index contributed by atoms with van der Waals surface area (Å²) in [5.74, 6) is 0.903. The van der Waals surface area contributed by atoms with Crippen LogP contribution < -0.4 is 5.32 Å². The summed E-state index contributed by atoms with van der Waals surface area (Å²) in [7, 11) is 2.33. The molecule has 2 unspecified atom stereocenters. The maximum atomic E-state index is 3.58. The Hall–Kier alpha value is -0.120. The van der Waals surface area contributed by atoms with Gasteiger partial charge in [-0.3, -0.25) is 0 Å². The minimum atomic E-state index is 0.844. The van der Waals surface area contributed by atoms with Crippen LogP contribution in [0.5, 0.6) is 0 Å². The first kappa shape index (κ1) is 14.3. The van der Waals surface area contributed by atoms with Crippen LogP contribution in [0.2, 0.25) is 0 Å². The van der Waals surface area contributed by atoms with Gasteiger partial charge in [-0.25, -0.2) is 0 Å². The van der Waals surface area contributed by atoms with Gasteiger partial charge in [-0.2, -0.15) is 0 Å². The van der Waals surface area contributed by atoms with Crippen molar-refractivity contribution in [3.05, 3.63) is 0 Å². The lowest BCUT2D eigenvalue weighted by molar-refractivity contribution is 0.0765. The summed E-state index contributed by atoms with van der Waals surface area (Å²) in [6.07, 6.45) is 6.92. The van der Waals surface area contributed by atoms with E-state index in [0.29, 0.717) is 0 Å². The van der Waals surface area contributed by atoms with Gasteiger partial charge in [0.05, 0.1) is 0 Å². The number of hydrogen-bond acceptors (Lipinski definition) is 3. The molecule has 0 bridgehead atoms. The van der Waals surface area contributed by atoms with Gasteiger partial charge in [0.25, 0.3) is 0 Å². The molecule has 18 heavy (non-hydrogen) atoms. The van der Waals surface area contributed by atoms with E-state index in [2.05, 4.69) is 29.1 Å². The Morgan fingerprint density at radius 1 is 1.22 bits per heavy atom. The first-order chi connectivity index (χ1) is 8.81.